The third-order valence-corrected chi connectivity index (χ3v) is 4.23. The molecule has 0 aromatic carbocycles. The number of rotatable bonds is 4. The van der Waals surface area contributed by atoms with Gasteiger partial charge in [-0.25, -0.2) is 9.97 Å². The molecule has 1 aliphatic rings. The molecule has 0 bridgehead atoms. The standard InChI is InChI=1S/C16H21N5O.2ClH/c17-16(5-2-1-3-6-16)15(22)20-11-13-4-7-19-14(10-13)21-9-8-18-12-21;;/h4,7-10,12H,1-3,5-6,11,17H2,(H,20,22);2*1H. The van der Waals surface area contributed by atoms with Gasteiger partial charge in [-0.3, -0.25) is 9.36 Å². The summed E-state index contributed by atoms with van der Waals surface area (Å²) in [5, 5.41) is 2.97. The molecule has 1 amide bonds. The first-order valence-corrected chi connectivity index (χ1v) is 7.68. The fourth-order valence-electron chi connectivity index (χ4n) is 2.87. The van der Waals surface area contributed by atoms with Gasteiger partial charge in [0, 0.05) is 25.1 Å². The summed E-state index contributed by atoms with van der Waals surface area (Å²) in [5.41, 5.74) is 6.53. The molecule has 132 valence electrons. The molecule has 1 saturated carbocycles. The third-order valence-electron chi connectivity index (χ3n) is 4.23. The van der Waals surface area contributed by atoms with E-state index in [4.69, 9.17) is 5.73 Å². The number of nitrogens with one attached hydrogen (secondary N) is 1. The maximum Gasteiger partial charge on any atom is 0.240 e. The number of halogens is 2. The van der Waals surface area contributed by atoms with Crippen LogP contribution >= 0.6 is 24.8 Å². The number of carbonyl (C=O) groups excluding carboxylic acids is 1. The molecule has 0 radical (unpaired) electrons. The number of nitrogens with two attached hydrogens (primary N) is 1. The number of carbonyl (C=O) groups is 1. The van der Waals surface area contributed by atoms with Gasteiger partial charge >= 0.3 is 0 Å². The number of nitrogens with zero attached hydrogens (tertiary/aromatic N) is 3. The minimum absolute atomic E-state index is 0. The molecular weight excluding hydrogens is 349 g/mol. The van der Waals surface area contributed by atoms with Gasteiger partial charge in [0.15, 0.2) is 0 Å². The molecular formula is C16H23Cl2N5O. The summed E-state index contributed by atoms with van der Waals surface area (Å²) in [6, 6.07) is 3.83. The lowest BCUT2D eigenvalue weighted by Crippen LogP contribution is -2.54. The van der Waals surface area contributed by atoms with Crippen molar-refractivity contribution in [2.45, 2.75) is 44.2 Å². The van der Waals surface area contributed by atoms with Crippen molar-refractivity contribution in [3.8, 4) is 5.82 Å². The van der Waals surface area contributed by atoms with Crippen molar-refractivity contribution >= 4 is 30.7 Å². The number of hydrogen-bond donors (Lipinski definition) is 2. The van der Waals surface area contributed by atoms with Crippen molar-refractivity contribution in [2.24, 2.45) is 5.73 Å². The van der Waals surface area contributed by atoms with Gasteiger partial charge in [-0.1, -0.05) is 19.3 Å². The Bertz CT molecular complexity index is 642. The first kappa shape index (κ1) is 20.4. The number of hydrogen-bond acceptors (Lipinski definition) is 4. The van der Waals surface area contributed by atoms with Crippen LogP contribution in [-0.2, 0) is 11.3 Å². The van der Waals surface area contributed by atoms with Gasteiger partial charge in [0.25, 0.3) is 0 Å². The number of amides is 1. The molecule has 3 N–H and O–H groups in total. The van der Waals surface area contributed by atoms with E-state index in [1.807, 2.05) is 22.9 Å². The molecule has 0 spiro atoms. The smallest absolute Gasteiger partial charge is 0.240 e. The highest BCUT2D eigenvalue weighted by Gasteiger charge is 2.34. The van der Waals surface area contributed by atoms with Gasteiger partial charge in [-0.2, -0.15) is 0 Å². The quantitative estimate of drug-likeness (QED) is 0.863. The van der Waals surface area contributed by atoms with E-state index >= 15 is 0 Å². The van der Waals surface area contributed by atoms with Crippen LogP contribution in [0.1, 0.15) is 37.7 Å². The molecule has 6 nitrogen and oxygen atoms in total. The van der Waals surface area contributed by atoms with Crippen molar-refractivity contribution in [3.63, 3.8) is 0 Å². The van der Waals surface area contributed by atoms with Crippen molar-refractivity contribution in [1.82, 2.24) is 19.9 Å². The lowest BCUT2D eigenvalue weighted by Gasteiger charge is -2.31. The highest BCUT2D eigenvalue weighted by atomic mass is 35.5. The molecule has 0 atom stereocenters. The lowest BCUT2D eigenvalue weighted by atomic mass is 9.82. The summed E-state index contributed by atoms with van der Waals surface area (Å²) in [7, 11) is 0. The Labute approximate surface area is 154 Å². The molecule has 1 fully saturated rings. The summed E-state index contributed by atoms with van der Waals surface area (Å²) >= 11 is 0. The van der Waals surface area contributed by atoms with E-state index < -0.39 is 5.54 Å². The summed E-state index contributed by atoms with van der Waals surface area (Å²) in [6.45, 7) is 0.460. The Morgan fingerprint density at radius 2 is 2.00 bits per heavy atom. The normalized spacial score (nSPS) is 15.7. The topological polar surface area (TPSA) is 85.8 Å². The monoisotopic (exact) mass is 371 g/mol. The van der Waals surface area contributed by atoms with Crippen LogP contribution < -0.4 is 11.1 Å². The molecule has 8 heteroatoms. The SMILES string of the molecule is Cl.Cl.NC1(C(=O)NCc2ccnc(-n3ccnc3)c2)CCCCC1. The van der Waals surface area contributed by atoms with Crippen LogP contribution in [-0.4, -0.2) is 26.0 Å². The molecule has 24 heavy (non-hydrogen) atoms. The Kier molecular flexibility index (Phi) is 7.66. The zero-order chi connectivity index (χ0) is 15.4. The lowest BCUT2D eigenvalue weighted by molar-refractivity contribution is -0.127. The van der Waals surface area contributed by atoms with Crippen LogP contribution in [0.2, 0.25) is 0 Å². The van der Waals surface area contributed by atoms with Crippen molar-refractivity contribution < 1.29 is 4.79 Å². The molecule has 0 unspecified atom stereocenters. The predicted octanol–water partition coefficient (Wildman–Crippen LogP) is 2.39. The maximum absolute atomic E-state index is 12.3. The Hall–Kier alpha value is -1.63. The third kappa shape index (κ3) is 4.69. The molecule has 2 aromatic rings. The Morgan fingerprint density at radius 3 is 2.67 bits per heavy atom. The summed E-state index contributed by atoms with van der Waals surface area (Å²) < 4.78 is 1.83. The number of pyridine rings is 1. The zero-order valence-corrected chi connectivity index (χ0v) is 15.0. The largest absolute Gasteiger partial charge is 0.350 e. The molecule has 0 saturated heterocycles. The summed E-state index contributed by atoms with van der Waals surface area (Å²) in [4.78, 5) is 20.6. The molecule has 2 aromatic heterocycles. The van der Waals surface area contributed by atoms with Crippen LogP contribution in [0.25, 0.3) is 5.82 Å². The molecule has 0 aliphatic heterocycles. The van der Waals surface area contributed by atoms with Gasteiger partial charge in [0.05, 0.1) is 5.54 Å². The fourth-order valence-corrected chi connectivity index (χ4v) is 2.87. The Morgan fingerprint density at radius 1 is 1.25 bits per heavy atom. The summed E-state index contributed by atoms with van der Waals surface area (Å²) in [5.74, 6) is 0.734. The second kappa shape index (κ2) is 9.01. The van der Waals surface area contributed by atoms with Crippen molar-refractivity contribution in [3.05, 3.63) is 42.6 Å². The number of aromatic nitrogens is 3. The first-order chi connectivity index (χ1) is 10.7. The molecule has 2 heterocycles. The number of imidazole rings is 1. The minimum atomic E-state index is -0.696. The van der Waals surface area contributed by atoms with E-state index in [0.717, 1.165) is 37.1 Å². The zero-order valence-electron chi connectivity index (χ0n) is 13.4. The average molecular weight is 372 g/mol. The van der Waals surface area contributed by atoms with E-state index in [1.165, 1.54) is 6.42 Å². The van der Waals surface area contributed by atoms with Gasteiger partial charge in [0.1, 0.15) is 12.1 Å². The van der Waals surface area contributed by atoms with Gasteiger partial charge in [-0.15, -0.1) is 24.8 Å². The van der Waals surface area contributed by atoms with Crippen LogP contribution in [0.5, 0.6) is 0 Å². The van der Waals surface area contributed by atoms with Crippen molar-refractivity contribution in [1.29, 1.82) is 0 Å². The van der Waals surface area contributed by atoms with Crippen LogP contribution in [0.15, 0.2) is 37.1 Å². The second-order valence-electron chi connectivity index (χ2n) is 5.89. The second-order valence-corrected chi connectivity index (χ2v) is 5.89. The Balaban J connectivity index is 0.00000144. The van der Waals surface area contributed by atoms with Gasteiger partial charge in [0.2, 0.25) is 5.91 Å². The highest BCUT2D eigenvalue weighted by molar-refractivity contribution is 5.86. The highest BCUT2D eigenvalue weighted by Crippen LogP contribution is 2.26. The molecule has 3 rings (SSSR count). The fraction of sp³-hybridized carbons (Fsp3) is 0.438. The van der Waals surface area contributed by atoms with E-state index in [2.05, 4.69) is 15.3 Å². The van der Waals surface area contributed by atoms with E-state index in [-0.39, 0.29) is 30.7 Å². The first-order valence-electron chi connectivity index (χ1n) is 7.68. The average Bonchev–Trinajstić information content (AvgIpc) is 3.08. The summed E-state index contributed by atoms with van der Waals surface area (Å²) in [6.07, 6.45) is 11.7. The van der Waals surface area contributed by atoms with Crippen LogP contribution in [0.4, 0.5) is 0 Å². The van der Waals surface area contributed by atoms with Gasteiger partial charge < -0.3 is 11.1 Å². The molecule has 1 aliphatic carbocycles. The van der Waals surface area contributed by atoms with E-state index in [9.17, 15) is 4.79 Å². The van der Waals surface area contributed by atoms with Crippen molar-refractivity contribution in [2.75, 3.05) is 0 Å². The van der Waals surface area contributed by atoms with E-state index in [1.54, 1.807) is 18.7 Å². The van der Waals surface area contributed by atoms with Crippen LogP contribution in [0.3, 0.4) is 0 Å². The maximum atomic E-state index is 12.3. The van der Waals surface area contributed by atoms with E-state index in [0.29, 0.717) is 6.54 Å². The van der Waals surface area contributed by atoms with Crippen LogP contribution in [0, 0.1) is 0 Å². The van der Waals surface area contributed by atoms with Gasteiger partial charge in [-0.05, 0) is 30.5 Å². The minimum Gasteiger partial charge on any atom is -0.350 e. The predicted molar refractivity (Wildman–Crippen MR) is 97.7 cm³/mol.